The van der Waals surface area contributed by atoms with Gasteiger partial charge in [-0.15, -0.1) is 0 Å². The number of hydrogen-bond donors (Lipinski definition) is 1. The van der Waals surface area contributed by atoms with Crippen molar-refractivity contribution < 1.29 is 0 Å². The van der Waals surface area contributed by atoms with Crippen molar-refractivity contribution in [2.24, 2.45) is 11.8 Å². The van der Waals surface area contributed by atoms with Gasteiger partial charge in [0.15, 0.2) is 0 Å². The molecule has 0 aromatic rings. The van der Waals surface area contributed by atoms with Crippen molar-refractivity contribution in [1.82, 2.24) is 10.2 Å². The van der Waals surface area contributed by atoms with Crippen molar-refractivity contribution in [3.8, 4) is 0 Å². The molecular weight excluding hydrogens is 208 g/mol. The van der Waals surface area contributed by atoms with Gasteiger partial charge in [0.05, 0.1) is 0 Å². The van der Waals surface area contributed by atoms with E-state index in [0.717, 1.165) is 23.9 Å². The highest BCUT2D eigenvalue weighted by Crippen LogP contribution is 2.34. The Labute approximate surface area is 107 Å². The number of hydrogen-bond acceptors (Lipinski definition) is 2. The molecule has 2 rings (SSSR count). The van der Waals surface area contributed by atoms with E-state index in [4.69, 9.17) is 0 Å². The van der Waals surface area contributed by atoms with Gasteiger partial charge < -0.3 is 5.32 Å². The molecule has 2 atom stereocenters. The highest BCUT2D eigenvalue weighted by molar-refractivity contribution is 4.93. The SMILES string of the molecule is CC(C)CCCCN1CC(C2CC2)NCC1C. The summed E-state index contributed by atoms with van der Waals surface area (Å²) in [5.74, 6) is 1.87. The predicted octanol–water partition coefficient (Wildman–Crippen LogP) is 2.89. The normalized spacial score (nSPS) is 31.1. The van der Waals surface area contributed by atoms with Crippen molar-refractivity contribution >= 4 is 0 Å². The fourth-order valence-electron chi connectivity index (χ4n) is 2.94. The van der Waals surface area contributed by atoms with E-state index in [2.05, 4.69) is 31.0 Å². The lowest BCUT2D eigenvalue weighted by Gasteiger charge is -2.39. The first kappa shape index (κ1) is 13.4. The molecule has 2 aliphatic rings. The number of unbranched alkanes of at least 4 members (excludes halogenated alkanes) is 1. The van der Waals surface area contributed by atoms with E-state index in [-0.39, 0.29) is 0 Å². The Kier molecular flexibility index (Phi) is 4.87. The zero-order chi connectivity index (χ0) is 12.3. The maximum Gasteiger partial charge on any atom is 0.0224 e. The lowest BCUT2D eigenvalue weighted by molar-refractivity contribution is 0.130. The van der Waals surface area contributed by atoms with E-state index < -0.39 is 0 Å². The van der Waals surface area contributed by atoms with Gasteiger partial charge in [0, 0.05) is 25.2 Å². The minimum Gasteiger partial charge on any atom is -0.311 e. The Bertz CT molecular complexity index is 223. The average Bonchev–Trinajstić information content (AvgIpc) is 3.10. The van der Waals surface area contributed by atoms with Gasteiger partial charge >= 0.3 is 0 Å². The van der Waals surface area contributed by atoms with Crippen molar-refractivity contribution in [3.63, 3.8) is 0 Å². The van der Waals surface area contributed by atoms with Crippen LogP contribution in [0.3, 0.4) is 0 Å². The fraction of sp³-hybridized carbons (Fsp3) is 1.00. The third-order valence-electron chi connectivity index (χ3n) is 4.40. The third-order valence-corrected chi connectivity index (χ3v) is 4.40. The fourth-order valence-corrected chi connectivity index (χ4v) is 2.94. The molecule has 2 unspecified atom stereocenters. The van der Waals surface area contributed by atoms with Gasteiger partial charge in [-0.1, -0.05) is 26.7 Å². The van der Waals surface area contributed by atoms with Gasteiger partial charge in [0.1, 0.15) is 0 Å². The molecule has 0 spiro atoms. The van der Waals surface area contributed by atoms with Crippen LogP contribution >= 0.6 is 0 Å². The summed E-state index contributed by atoms with van der Waals surface area (Å²) in [5.41, 5.74) is 0. The van der Waals surface area contributed by atoms with Gasteiger partial charge in [0.2, 0.25) is 0 Å². The standard InChI is InChI=1S/C15H30N2/c1-12(2)6-4-5-9-17-11-15(14-7-8-14)16-10-13(17)3/h12-16H,4-11H2,1-3H3. The van der Waals surface area contributed by atoms with E-state index in [1.165, 1.54) is 51.7 Å². The topological polar surface area (TPSA) is 15.3 Å². The summed E-state index contributed by atoms with van der Waals surface area (Å²) in [6.45, 7) is 10.9. The molecule has 2 heteroatoms. The van der Waals surface area contributed by atoms with Crippen LogP contribution in [0.2, 0.25) is 0 Å². The molecule has 100 valence electrons. The molecule has 0 radical (unpaired) electrons. The summed E-state index contributed by atoms with van der Waals surface area (Å²) in [5, 5.41) is 3.73. The molecule has 1 saturated heterocycles. The lowest BCUT2D eigenvalue weighted by Crippen LogP contribution is -2.56. The first-order valence-electron chi connectivity index (χ1n) is 7.64. The number of nitrogens with one attached hydrogen (secondary N) is 1. The largest absolute Gasteiger partial charge is 0.311 e. The summed E-state index contributed by atoms with van der Waals surface area (Å²) in [4.78, 5) is 2.72. The van der Waals surface area contributed by atoms with Crippen LogP contribution in [0.25, 0.3) is 0 Å². The molecule has 0 aromatic heterocycles. The van der Waals surface area contributed by atoms with Crippen LogP contribution in [-0.2, 0) is 0 Å². The Hall–Kier alpha value is -0.0800. The van der Waals surface area contributed by atoms with Crippen LogP contribution in [0, 0.1) is 11.8 Å². The average molecular weight is 238 g/mol. The van der Waals surface area contributed by atoms with E-state index in [9.17, 15) is 0 Å². The zero-order valence-electron chi connectivity index (χ0n) is 11.9. The second-order valence-corrected chi connectivity index (χ2v) is 6.59. The van der Waals surface area contributed by atoms with Crippen LogP contribution < -0.4 is 5.32 Å². The molecule has 1 aliphatic carbocycles. The van der Waals surface area contributed by atoms with Gasteiger partial charge in [-0.05, 0) is 44.6 Å². The lowest BCUT2D eigenvalue weighted by atomic mass is 10.0. The molecule has 1 N–H and O–H groups in total. The molecule has 17 heavy (non-hydrogen) atoms. The van der Waals surface area contributed by atoms with Crippen LogP contribution in [0.15, 0.2) is 0 Å². The smallest absolute Gasteiger partial charge is 0.0224 e. The maximum absolute atomic E-state index is 3.73. The number of piperazine rings is 1. The van der Waals surface area contributed by atoms with E-state index in [1.54, 1.807) is 0 Å². The third kappa shape index (κ3) is 4.26. The first-order chi connectivity index (χ1) is 8.16. The van der Waals surface area contributed by atoms with Crippen molar-refractivity contribution in [2.75, 3.05) is 19.6 Å². The Morgan fingerprint density at radius 2 is 2.00 bits per heavy atom. The van der Waals surface area contributed by atoms with E-state index >= 15 is 0 Å². The molecule has 2 fully saturated rings. The molecule has 1 heterocycles. The maximum atomic E-state index is 3.73. The van der Waals surface area contributed by atoms with E-state index in [1.807, 2.05) is 0 Å². The summed E-state index contributed by atoms with van der Waals surface area (Å²) in [6.07, 6.45) is 7.12. The molecular formula is C15H30N2. The monoisotopic (exact) mass is 238 g/mol. The van der Waals surface area contributed by atoms with Crippen LogP contribution in [0.4, 0.5) is 0 Å². The Balaban J connectivity index is 1.66. The highest BCUT2D eigenvalue weighted by atomic mass is 15.2. The van der Waals surface area contributed by atoms with Crippen molar-refractivity contribution in [2.45, 2.75) is 65.0 Å². The molecule has 0 bridgehead atoms. The second-order valence-electron chi connectivity index (χ2n) is 6.59. The summed E-state index contributed by atoms with van der Waals surface area (Å²) in [6, 6.07) is 1.54. The summed E-state index contributed by atoms with van der Waals surface area (Å²) < 4.78 is 0. The highest BCUT2D eigenvalue weighted by Gasteiger charge is 2.35. The van der Waals surface area contributed by atoms with Crippen LogP contribution in [0.5, 0.6) is 0 Å². The molecule has 1 aliphatic heterocycles. The number of rotatable bonds is 6. The summed E-state index contributed by atoms with van der Waals surface area (Å²) in [7, 11) is 0. The van der Waals surface area contributed by atoms with Gasteiger partial charge in [0.25, 0.3) is 0 Å². The Morgan fingerprint density at radius 3 is 2.65 bits per heavy atom. The zero-order valence-corrected chi connectivity index (χ0v) is 11.9. The second kappa shape index (κ2) is 6.19. The predicted molar refractivity (Wildman–Crippen MR) is 74.2 cm³/mol. The van der Waals surface area contributed by atoms with Gasteiger partial charge in [-0.3, -0.25) is 4.90 Å². The van der Waals surface area contributed by atoms with Gasteiger partial charge in [-0.25, -0.2) is 0 Å². The molecule has 0 amide bonds. The minimum absolute atomic E-state index is 0.740. The van der Waals surface area contributed by atoms with Crippen LogP contribution in [0.1, 0.15) is 52.9 Å². The Morgan fingerprint density at radius 1 is 1.24 bits per heavy atom. The van der Waals surface area contributed by atoms with Crippen molar-refractivity contribution in [1.29, 1.82) is 0 Å². The quantitative estimate of drug-likeness (QED) is 0.716. The molecule has 1 saturated carbocycles. The summed E-state index contributed by atoms with van der Waals surface area (Å²) >= 11 is 0. The number of nitrogens with zero attached hydrogens (tertiary/aromatic N) is 1. The van der Waals surface area contributed by atoms with Gasteiger partial charge in [-0.2, -0.15) is 0 Å². The molecule has 2 nitrogen and oxygen atoms in total. The molecule has 0 aromatic carbocycles. The minimum atomic E-state index is 0.740. The van der Waals surface area contributed by atoms with Crippen LogP contribution in [-0.4, -0.2) is 36.6 Å². The first-order valence-corrected chi connectivity index (χ1v) is 7.64. The van der Waals surface area contributed by atoms with Crippen molar-refractivity contribution in [3.05, 3.63) is 0 Å². The van der Waals surface area contributed by atoms with E-state index in [0.29, 0.717) is 0 Å².